The van der Waals surface area contributed by atoms with Gasteiger partial charge >= 0.3 is 23.9 Å². The maximum absolute atomic E-state index is 13.5. The van der Waals surface area contributed by atoms with E-state index in [2.05, 4.69) is 0 Å². The van der Waals surface area contributed by atoms with E-state index in [4.69, 9.17) is 0 Å². The zero-order chi connectivity index (χ0) is 21.3. The second kappa shape index (κ2) is 6.12. The lowest BCUT2D eigenvalue weighted by atomic mass is 9.85. The van der Waals surface area contributed by atoms with Crippen LogP contribution in [0.3, 0.4) is 0 Å². The lowest BCUT2D eigenvalue weighted by Crippen LogP contribution is -2.60. The van der Waals surface area contributed by atoms with Crippen LogP contribution >= 0.6 is 0 Å². The van der Waals surface area contributed by atoms with E-state index < -0.39 is 67.0 Å². The standard InChI is InChI=1S/C16H14F9NO2/c17-13(18,14(19,20)15(21,22)16(23,24)25)4-1-5-26-11(27)9-7-2-3-8(6-7)10(9)12(26)28/h2-3,7-10H,1,4-6H2/t7-,8+,9+,10-. The largest absolute Gasteiger partial charge is 0.460 e. The molecule has 1 saturated carbocycles. The van der Waals surface area contributed by atoms with Crippen molar-refractivity contribution < 1.29 is 49.1 Å². The minimum absolute atomic E-state index is 0.187. The summed E-state index contributed by atoms with van der Waals surface area (Å²) in [5.41, 5.74) is 0. The molecule has 1 heterocycles. The number of likely N-dealkylation sites (tertiary alicyclic amines) is 1. The van der Waals surface area contributed by atoms with Crippen LogP contribution in [0, 0.1) is 23.7 Å². The third-order valence-corrected chi connectivity index (χ3v) is 5.64. The summed E-state index contributed by atoms with van der Waals surface area (Å²) in [6.07, 6.45) is -5.86. The molecule has 28 heavy (non-hydrogen) atoms. The summed E-state index contributed by atoms with van der Waals surface area (Å²) in [7, 11) is 0. The van der Waals surface area contributed by atoms with E-state index in [0.717, 1.165) is 0 Å². The predicted molar refractivity (Wildman–Crippen MR) is 74.6 cm³/mol. The molecule has 2 fully saturated rings. The number of allylic oxidation sites excluding steroid dienone is 2. The molecule has 0 aromatic carbocycles. The van der Waals surface area contributed by atoms with Crippen molar-refractivity contribution in [2.45, 2.75) is 43.2 Å². The minimum atomic E-state index is -6.94. The second-order valence-corrected chi connectivity index (χ2v) is 7.28. The quantitative estimate of drug-likeness (QED) is 0.368. The van der Waals surface area contributed by atoms with E-state index in [1.807, 2.05) is 0 Å². The fraction of sp³-hybridized carbons (Fsp3) is 0.750. The van der Waals surface area contributed by atoms with Crippen molar-refractivity contribution >= 4 is 11.8 Å². The van der Waals surface area contributed by atoms with Gasteiger partial charge in [-0.25, -0.2) is 0 Å². The van der Waals surface area contributed by atoms with Crippen molar-refractivity contribution in [2.75, 3.05) is 6.54 Å². The van der Waals surface area contributed by atoms with E-state index in [1.54, 1.807) is 12.2 Å². The highest BCUT2D eigenvalue weighted by Crippen LogP contribution is 2.55. The number of nitrogens with zero attached hydrogens (tertiary/aromatic N) is 1. The van der Waals surface area contributed by atoms with Gasteiger partial charge in [0.15, 0.2) is 0 Å². The van der Waals surface area contributed by atoms with Gasteiger partial charge in [0.2, 0.25) is 11.8 Å². The van der Waals surface area contributed by atoms with E-state index in [-0.39, 0.29) is 11.8 Å². The summed E-state index contributed by atoms with van der Waals surface area (Å²) in [5.74, 6) is -22.4. The molecule has 3 nitrogen and oxygen atoms in total. The highest BCUT2D eigenvalue weighted by Gasteiger charge is 2.81. The summed E-state index contributed by atoms with van der Waals surface area (Å²) in [5, 5.41) is 0. The van der Waals surface area contributed by atoms with Gasteiger partial charge in [0.05, 0.1) is 11.8 Å². The van der Waals surface area contributed by atoms with Gasteiger partial charge in [-0.2, -0.15) is 39.5 Å². The fourth-order valence-corrected chi connectivity index (χ4v) is 4.21. The van der Waals surface area contributed by atoms with Crippen LogP contribution in [0.5, 0.6) is 0 Å². The van der Waals surface area contributed by atoms with Crippen LogP contribution in [0.4, 0.5) is 39.5 Å². The fourth-order valence-electron chi connectivity index (χ4n) is 4.21. The molecule has 2 aliphatic carbocycles. The van der Waals surface area contributed by atoms with Gasteiger partial charge in [-0.3, -0.25) is 14.5 Å². The summed E-state index contributed by atoms with van der Waals surface area (Å²) in [6, 6.07) is 0. The highest BCUT2D eigenvalue weighted by atomic mass is 19.4. The van der Waals surface area contributed by atoms with E-state index in [9.17, 15) is 49.1 Å². The molecule has 1 saturated heterocycles. The Kier molecular flexibility index (Phi) is 4.58. The van der Waals surface area contributed by atoms with Gasteiger partial charge in [0.1, 0.15) is 0 Å². The van der Waals surface area contributed by atoms with Crippen molar-refractivity contribution in [2.24, 2.45) is 23.7 Å². The monoisotopic (exact) mass is 423 g/mol. The Morgan fingerprint density at radius 3 is 1.71 bits per heavy atom. The Bertz CT molecular complexity index is 685. The number of hydrogen-bond acceptors (Lipinski definition) is 2. The van der Waals surface area contributed by atoms with Crippen LogP contribution in [0.15, 0.2) is 12.2 Å². The Morgan fingerprint density at radius 1 is 0.821 bits per heavy atom. The number of imide groups is 1. The normalized spacial score (nSPS) is 30.5. The maximum atomic E-state index is 13.5. The molecule has 0 aromatic rings. The van der Waals surface area contributed by atoms with E-state index in [0.29, 0.717) is 11.3 Å². The molecule has 3 rings (SSSR count). The topological polar surface area (TPSA) is 37.4 Å². The predicted octanol–water partition coefficient (Wildman–Crippen LogP) is 4.04. The molecule has 0 unspecified atom stereocenters. The van der Waals surface area contributed by atoms with E-state index >= 15 is 0 Å². The van der Waals surface area contributed by atoms with Crippen molar-refractivity contribution in [3.05, 3.63) is 12.2 Å². The third-order valence-electron chi connectivity index (χ3n) is 5.64. The van der Waals surface area contributed by atoms with Gasteiger partial charge in [-0.05, 0) is 24.7 Å². The average molecular weight is 423 g/mol. The molecule has 2 amide bonds. The summed E-state index contributed by atoms with van der Waals surface area (Å²) >= 11 is 0. The van der Waals surface area contributed by atoms with Gasteiger partial charge in [-0.1, -0.05) is 12.2 Å². The Hall–Kier alpha value is -1.75. The first-order chi connectivity index (χ1) is 12.6. The lowest BCUT2D eigenvalue weighted by molar-refractivity contribution is -0.396. The molecule has 3 aliphatic rings. The number of carbonyl (C=O) groups is 2. The number of amides is 2. The zero-order valence-electron chi connectivity index (χ0n) is 14.0. The lowest BCUT2D eigenvalue weighted by Gasteiger charge is -2.33. The summed E-state index contributed by atoms with van der Waals surface area (Å²) in [4.78, 5) is 25.2. The van der Waals surface area contributed by atoms with Crippen LogP contribution < -0.4 is 0 Å². The third kappa shape index (κ3) is 2.73. The van der Waals surface area contributed by atoms with Crippen molar-refractivity contribution in [3.8, 4) is 0 Å². The molecular formula is C16H14F9NO2. The molecule has 0 aromatic heterocycles. The molecule has 0 N–H and O–H groups in total. The van der Waals surface area contributed by atoms with Crippen molar-refractivity contribution in [1.82, 2.24) is 4.90 Å². The first kappa shape index (κ1) is 21.0. The Morgan fingerprint density at radius 2 is 1.29 bits per heavy atom. The molecule has 2 bridgehead atoms. The van der Waals surface area contributed by atoms with Gasteiger partial charge in [0, 0.05) is 13.0 Å². The van der Waals surface area contributed by atoms with Gasteiger partial charge < -0.3 is 0 Å². The number of fused-ring (bicyclic) bond motifs is 5. The van der Waals surface area contributed by atoms with Crippen molar-refractivity contribution in [1.29, 1.82) is 0 Å². The van der Waals surface area contributed by atoms with Crippen LogP contribution in [-0.2, 0) is 9.59 Å². The second-order valence-electron chi connectivity index (χ2n) is 7.28. The number of carbonyl (C=O) groups excluding carboxylic acids is 2. The van der Waals surface area contributed by atoms with Crippen LogP contribution in [0.2, 0.25) is 0 Å². The zero-order valence-corrected chi connectivity index (χ0v) is 14.0. The smallest absolute Gasteiger partial charge is 0.282 e. The number of hydrogen-bond donors (Lipinski definition) is 0. The van der Waals surface area contributed by atoms with Crippen molar-refractivity contribution in [3.63, 3.8) is 0 Å². The number of alkyl halides is 9. The average Bonchev–Trinajstić information content (AvgIpc) is 3.22. The molecule has 1 aliphatic heterocycles. The summed E-state index contributed by atoms with van der Waals surface area (Å²) < 4.78 is 115. The van der Waals surface area contributed by atoms with E-state index in [1.165, 1.54) is 0 Å². The Balaban J connectivity index is 1.65. The first-order valence-electron chi connectivity index (χ1n) is 8.37. The summed E-state index contributed by atoms with van der Waals surface area (Å²) in [6.45, 7) is -0.757. The SMILES string of the molecule is O=C1[C@@H]2[C@H](C(=O)N1CCCC(F)(F)C(F)(F)C(F)(F)C(F)(F)F)[C@H]1C=C[C@@H]2C1. The minimum Gasteiger partial charge on any atom is -0.282 e. The molecule has 158 valence electrons. The molecule has 4 atom stereocenters. The first-order valence-corrected chi connectivity index (χ1v) is 8.37. The van der Waals surface area contributed by atoms with Crippen LogP contribution in [0.1, 0.15) is 19.3 Å². The molecule has 0 spiro atoms. The van der Waals surface area contributed by atoms with Crippen LogP contribution in [-0.4, -0.2) is 47.2 Å². The van der Waals surface area contributed by atoms with Gasteiger partial charge in [0.25, 0.3) is 0 Å². The van der Waals surface area contributed by atoms with Crippen LogP contribution in [0.25, 0.3) is 0 Å². The molecular weight excluding hydrogens is 409 g/mol. The molecule has 0 radical (unpaired) electrons. The van der Waals surface area contributed by atoms with Gasteiger partial charge in [-0.15, -0.1) is 0 Å². The highest BCUT2D eigenvalue weighted by molar-refractivity contribution is 6.06. The Labute approximate surface area is 152 Å². The maximum Gasteiger partial charge on any atom is 0.460 e. The number of rotatable bonds is 6. The molecule has 12 heteroatoms. The number of halogens is 9.